The molecular weight excluding hydrogens is 316 g/mol. The van der Waals surface area contributed by atoms with Crippen molar-refractivity contribution in [1.82, 2.24) is 5.32 Å². The average Bonchev–Trinajstić information content (AvgIpc) is 2.58. The van der Waals surface area contributed by atoms with Crippen molar-refractivity contribution in [2.24, 2.45) is 0 Å². The number of rotatable bonds is 7. The van der Waals surface area contributed by atoms with Gasteiger partial charge < -0.3 is 20.5 Å². The SMILES string of the molecule is Cc1cccc(OCC(O)CNC(=O)Nc2ccccc2C(C)C)c1. The van der Waals surface area contributed by atoms with Crippen LogP contribution in [-0.2, 0) is 0 Å². The molecule has 0 spiro atoms. The van der Waals surface area contributed by atoms with E-state index in [9.17, 15) is 9.90 Å². The molecule has 0 aliphatic heterocycles. The minimum atomic E-state index is -0.786. The van der Waals surface area contributed by atoms with Crippen molar-refractivity contribution in [3.05, 3.63) is 59.7 Å². The van der Waals surface area contributed by atoms with Crippen LogP contribution in [0.2, 0.25) is 0 Å². The predicted molar refractivity (Wildman–Crippen MR) is 100 cm³/mol. The van der Waals surface area contributed by atoms with Crippen molar-refractivity contribution in [2.75, 3.05) is 18.5 Å². The van der Waals surface area contributed by atoms with E-state index in [4.69, 9.17) is 4.74 Å². The molecule has 2 aromatic rings. The zero-order valence-corrected chi connectivity index (χ0v) is 15.0. The average molecular weight is 342 g/mol. The third-order valence-electron chi connectivity index (χ3n) is 3.76. The highest BCUT2D eigenvalue weighted by molar-refractivity contribution is 5.90. The molecule has 1 atom stereocenters. The minimum Gasteiger partial charge on any atom is -0.491 e. The van der Waals surface area contributed by atoms with E-state index < -0.39 is 6.10 Å². The van der Waals surface area contributed by atoms with Crippen LogP contribution in [0.3, 0.4) is 0 Å². The fourth-order valence-electron chi connectivity index (χ4n) is 2.45. The van der Waals surface area contributed by atoms with Gasteiger partial charge in [-0.15, -0.1) is 0 Å². The highest BCUT2D eigenvalue weighted by Crippen LogP contribution is 2.23. The molecule has 0 saturated carbocycles. The molecule has 5 nitrogen and oxygen atoms in total. The molecule has 0 bridgehead atoms. The number of hydrogen-bond acceptors (Lipinski definition) is 3. The number of carbonyl (C=O) groups excluding carboxylic acids is 1. The summed E-state index contributed by atoms with van der Waals surface area (Å²) in [6.45, 7) is 6.35. The first-order valence-corrected chi connectivity index (χ1v) is 8.47. The lowest BCUT2D eigenvalue weighted by atomic mass is 10.0. The van der Waals surface area contributed by atoms with Crippen LogP contribution in [0.15, 0.2) is 48.5 Å². The summed E-state index contributed by atoms with van der Waals surface area (Å²) in [6, 6.07) is 15.0. The number of amides is 2. The van der Waals surface area contributed by atoms with Crippen LogP contribution < -0.4 is 15.4 Å². The summed E-state index contributed by atoms with van der Waals surface area (Å²) in [5.41, 5.74) is 2.94. The molecule has 0 fully saturated rings. The maximum atomic E-state index is 12.0. The van der Waals surface area contributed by atoms with Gasteiger partial charge in [-0.1, -0.05) is 44.2 Å². The topological polar surface area (TPSA) is 70.6 Å². The van der Waals surface area contributed by atoms with Gasteiger partial charge in [-0.2, -0.15) is 0 Å². The Bertz CT molecular complexity index is 701. The van der Waals surface area contributed by atoms with Crippen LogP contribution in [0, 0.1) is 6.92 Å². The second-order valence-corrected chi connectivity index (χ2v) is 6.36. The number of anilines is 1. The van der Waals surface area contributed by atoms with Gasteiger partial charge in [0, 0.05) is 12.2 Å². The molecule has 25 heavy (non-hydrogen) atoms. The molecule has 0 aliphatic rings. The monoisotopic (exact) mass is 342 g/mol. The van der Waals surface area contributed by atoms with E-state index in [2.05, 4.69) is 24.5 Å². The first-order chi connectivity index (χ1) is 12.0. The van der Waals surface area contributed by atoms with Gasteiger partial charge in [0.1, 0.15) is 18.5 Å². The molecule has 0 heterocycles. The van der Waals surface area contributed by atoms with E-state index in [0.717, 1.165) is 16.8 Å². The number of para-hydroxylation sites is 1. The van der Waals surface area contributed by atoms with Crippen LogP contribution in [0.1, 0.15) is 30.9 Å². The van der Waals surface area contributed by atoms with E-state index in [1.165, 1.54) is 0 Å². The molecule has 0 aromatic heterocycles. The Morgan fingerprint density at radius 3 is 2.64 bits per heavy atom. The number of aryl methyl sites for hydroxylation is 1. The molecular formula is C20H26N2O3. The number of nitrogens with one attached hydrogen (secondary N) is 2. The van der Waals surface area contributed by atoms with Crippen LogP contribution >= 0.6 is 0 Å². The Balaban J connectivity index is 1.78. The molecule has 0 saturated heterocycles. The number of hydrogen-bond donors (Lipinski definition) is 3. The molecule has 0 aliphatic carbocycles. The predicted octanol–water partition coefficient (Wildman–Crippen LogP) is 3.68. The number of aliphatic hydroxyl groups excluding tert-OH is 1. The summed E-state index contributed by atoms with van der Waals surface area (Å²) in [7, 11) is 0. The smallest absolute Gasteiger partial charge is 0.319 e. The van der Waals surface area contributed by atoms with Gasteiger partial charge in [-0.3, -0.25) is 0 Å². The van der Waals surface area contributed by atoms with Crippen LogP contribution in [0.4, 0.5) is 10.5 Å². The molecule has 134 valence electrons. The summed E-state index contributed by atoms with van der Waals surface area (Å²) in [4.78, 5) is 12.0. The van der Waals surface area contributed by atoms with Gasteiger partial charge in [0.2, 0.25) is 0 Å². The standard InChI is InChI=1S/C20H26N2O3/c1-14(2)18-9-4-5-10-19(18)22-20(24)21-12-16(23)13-25-17-8-6-7-15(3)11-17/h4-11,14,16,23H,12-13H2,1-3H3,(H2,21,22,24). The van der Waals surface area contributed by atoms with E-state index in [0.29, 0.717) is 11.7 Å². The van der Waals surface area contributed by atoms with E-state index in [-0.39, 0.29) is 19.2 Å². The third kappa shape index (κ3) is 6.12. The fourth-order valence-corrected chi connectivity index (χ4v) is 2.45. The third-order valence-corrected chi connectivity index (χ3v) is 3.76. The minimum absolute atomic E-state index is 0.113. The molecule has 0 radical (unpaired) electrons. The lowest BCUT2D eigenvalue weighted by molar-refractivity contribution is 0.108. The van der Waals surface area contributed by atoms with Gasteiger partial charge in [0.05, 0.1) is 0 Å². The molecule has 2 rings (SSSR count). The summed E-state index contributed by atoms with van der Waals surface area (Å²) in [6.07, 6.45) is -0.786. The van der Waals surface area contributed by atoms with Gasteiger partial charge in [0.25, 0.3) is 0 Å². The number of aliphatic hydroxyl groups is 1. The second-order valence-electron chi connectivity index (χ2n) is 6.36. The van der Waals surface area contributed by atoms with E-state index in [1.807, 2.05) is 55.5 Å². The number of carbonyl (C=O) groups is 1. The van der Waals surface area contributed by atoms with Crippen LogP contribution in [-0.4, -0.2) is 30.4 Å². The normalized spacial score (nSPS) is 11.9. The maximum absolute atomic E-state index is 12.0. The lowest BCUT2D eigenvalue weighted by Gasteiger charge is -2.16. The quantitative estimate of drug-likeness (QED) is 0.719. The van der Waals surface area contributed by atoms with Crippen molar-refractivity contribution >= 4 is 11.7 Å². The van der Waals surface area contributed by atoms with Crippen molar-refractivity contribution in [1.29, 1.82) is 0 Å². The van der Waals surface area contributed by atoms with E-state index >= 15 is 0 Å². The zero-order chi connectivity index (χ0) is 18.2. The number of urea groups is 1. The Labute approximate surface area is 149 Å². The Morgan fingerprint density at radius 1 is 1.16 bits per heavy atom. The number of benzene rings is 2. The highest BCUT2D eigenvalue weighted by atomic mass is 16.5. The maximum Gasteiger partial charge on any atom is 0.319 e. The highest BCUT2D eigenvalue weighted by Gasteiger charge is 2.11. The first kappa shape index (κ1) is 18.8. The van der Waals surface area contributed by atoms with Crippen molar-refractivity contribution in [3.8, 4) is 5.75 Å². The Kier molecular flexibility index (Phi) is 6.83. The van der Waals surface area contributed by atoms with Crippen molar-refractivity contribution in [3.63, 3.8) is 0 Å². The lowest BCUT2D eigenvalue weighted by Crippen LogP contribution is -2.37. The van der Waals surface area contributed by atoms with Gasteiger partial charge in [0.15, 0.2) is 0 Å². The fraction of sp³-hybridized carbons (Fsp3) is 0.350. The summed E-state index contributed by atoms with van der Waals surface area (Å²) < 4.78 is 5.53. The number of ether oxygens (including phenoxy) is 1. The largest absolute Gasteiger partial charge is 0.491 e. The van der Waals surface area contributed by atoms with Gasteiger partial charge in [-0.05, 0) is 42.2 Å². The summed E-state index contributed by atoms with van der Waals surface area (Å²) in [5.74, 6) is 1.01. The summed E-state index contributed by atoms with van der Waals surface area (Å²) in [5, 5.41) is 15.5. The van der Waals surface area contributed by atoms with Gasteiger partial charge >= 0.3 is 6.03 Å². The van der Waals surface area contributed by atoms with Gasteiger partial charge in [-0.25, -0.2) is 4.79 Å². The molecule has 2 aromatic carbocycles. The summed E-state index contributed by atoms with van der Waals surface area (Å²) >= 11 is 0. The molecule has 3 N–H and O–H groups in total. The molecule has 5 heteroatoms. The zero-order valence-electron chi connectivity index (χ0n) is 15.0. The molecule has 2 amide bonds. The first-order valence-electron chi connectivity index (χ1n) is 8.47. The van der Waals surface area contributed by atoms with Crippen LogP contribution in [0.5, 0.6) is 5.75 Å². The Hall–Kier alpha value is -2.53. The van der Waals surface area contributed by atoms with E-state index in [1.54, 1.807) is 0 Å². The van der Waals surface area contributed by atoms with Crippen molar-refractivity contribution < 1.29 is 14.6 Å². The Morgan fingerprint density at radius 2 is 1.92 bits per heavy atom. The second kappa shape index (κ2) is 9.08. The van der Waals surface area contributed by atoms with Crippen LogP contribution in [0.25, 0.3) is 0 Å². The molecule has 1 unspecified atom stereocenters. The van der Waals surface area contributed by atoms with Crippen molar-refractivity contribution in [2.45, 2.75) is 32.8 Å².